The minimum atomic E-state index is -4.36. The van der Waals surface area contributed by atoms with E-state index in [1.54, 1.807) is 11.0 Å². The number of aryl methyl sites for hydroxylation is 1. The maximum atomic E-state index is 13.1. The monoisotopic (exact) mass is 441 g/mol. The van der Waals surface area contributed by atoms with E-state index >= 15 is 0 Å². The lowest BCUT2D eigenvalue weighted by Gasteiger charge is -2.22. The largest absolute Gasteiger partial charge is 0.356 e. The van der Waals surface area contributed by atoms with E-state index in [1.807, 2.05) is 6.07 Å². The lowest BCUT2D eigenvalue weighted by atomic mass is 10.0. The zero-order valence-corrected chi connectivity index (χ0v) is 18.1. The van der Waals surface area contributed by atoms with Crippen LogP contribution in [0.4, 0.5) is 4.79 Å². The molecule has 2 heterocycles. The van der Waals surface area contributed by atoms with E-state index in [-0.39, 0.29) is 16.4 Å². The topological polar surface area (TPSA) is 101 Å². The third-order valence-corrected chi connectivity index (χ3v) is 7.77. The summed E-state index contributed by atoms with van der Waals surface area (Å²) in [6.45, 7) is 4.14. The summed E-state index contributed by atoms with van der Waals surface area (Å²) in [6, 6.07) is 16.2. The molecule has 2 aromatic rings. The van der Waals surface area contributed by atoms with Gasteiger partial charge in [-0.2, -0.15) is 0 Å². The number of hydrogen-bond donors (Lipinski definition) is 1. The smallest absolute Gasteiger partial charge is 0.338 e. The summed E-state index contributed by atoms with van der Waals surface area (Å²) in [5, 5.41) is -1.45. The van der Waals surface area contributed by atoms with E-state index in [0.717, 1.165) is 32.5 Å². The van der Waals surface area contributed by atoms with Crippen LogP contribution in [-0.2, 0) is 16.3 Å². The average molecular weight is 442 g/mol. The van der Waals surface area contributed by atoms with Gasteiger partial charge < -0.3 is 15.5 Å². The number of nitrogens with zero attached hydrogens (tertiary/aromatic N) is 2. The van der Waals surface area contributed by atoms with E-state index in [4.69, 9.17) is 5.73 Å². The summed E-state index contributed by atoms with van der Waals surface area (Å²) in [7, 11) is -4.36. The molecule has 4 rings (SSSR count). The third-order valence-electron chi connectivity index (χ3n) is 6.30. The van der Waals surface area contributed by atoms with E-state index in [1.165, 1.54) is 23.8 Å². The van der Waals surface area contributed by atoms with Crippen LogP contribution in [0.5, 0.6) is 0 Å². The molecule has 0 saturated carbocycles. The van der Waals surface area contributed by atoms with Crippen molar-refractivity contribution in [2.24, 2.45) is 17.6 Å². The second kappa shape index (κ2) is 8.80. The van der Waals surface area contributed by atoms with Crippen molar-refractivity contribution >= 4 is 21.0 Å². The molecule has 2 aromatic carbocycles. The Morgan fingerprint density at radius 2 is 1.52 bits per heavy atom. The molecular formula is C23H27N3O4S. The second-order valence-corrected chi connectivity index (χ2v) is 10.2. The highest BCUT2D eigenvalue weighted by Gasteiger charge is 2.42. The maximum Gasteiger partial charge on any atom is 0.338 e. The van der Waals surface area contributed by atoms with Gasteiger partial charge in [0.2, 0.25) is 0 Å². The van der Waals surface area contributed by atoms with Gasteiger partial charge in [0.1, 0.15) is 0 Å². The lowest BCUT2D eigenvalue weighted by molar-refractivity contribution is 0.0770. The highest BCUT2D eigenvalue weighted by atomic mass is 32.2. The van der Waals surface area contributed by atoms with E-state index in [9.17, 15) is 18.0 Å². The van der Waals surface area contributed by atoms with Crippen LogP contribution in [0.25, 0.3) is 0 Å². The molecule has 0 radical (unpaired) electrons. The molecule has 1 unspecified atom stereocenters. The summed E-state index contributed by atoms with van der Waals surface area (Å²) < 4.78 is 24.5. The highest BCUT2D eigenvalue weighted by Crippen LogP contribution is 2.32. The van der Waals surface area contributed by atoms with Crippen molar-refractivity contribution in [1.29, 1.82) is 0 Å². The minimum absolute atomic E-state index is 0.0148. The summed E-state index contributed by atoms with van der Waals surface area (Å²) in [5.74, 6) is 0.423. The number of nitrogens with two attached hydrogens (primary N) is 1. The number of primary amides is 1. The average Bonchev–Trinajstić information content (AvgIpc) is 3.33. The molecule has 2 aliphatic rings. The Labute approximate surface area is 182 Å². The molecule has 0 spiro atoms. The molecule has 2 atom stereocenters. The van der Waals surface area contributed by atoms with Gasteiger partial charge in [-0.1, -0.05) is 42.5 Å². The van der Waals surface area contributed by atoms with Crippen LogP contribution in [0.2, 0.25) is 0 Å². The molecule has 8 heteroatoms. The fourth-order valence-electron chi connectivity index (χ4n) is 4.75. The number of benzene rings is 2. The standard InChI is InChI=1S/C23H27N3O4S/c24-23(28)31(29,30)21-11-5-4-10-20(21)22(27)26-15-18-13-25(14-19(18)16-26)12-6-9-17-7-2-1-3-8-17/h1-5,7-8,10-11,18-19H,6,9,12-16H2,(H2,24,28)/t18-,19?/m0/s1. The Kier molecular flexibility index (Phi) is 6.11. The molecule has 164 valence electrons. The van der Waals surface area contributed by atoms with Gasteiger partial charge in [-0.15, -0.1) is 0 Å². The summed E-state index contributed by atoms with van der Waals surface area (Å²) in [6.07, 6.45) is 2.16. The number of carbonyl (C=O) groups is 2. The van der Waals surface area contributed by atoms with E-state index in [2.05, 4.69) is 29.2 Å². The summed E-state index contributed by atoms with van der Waals surface area (Å²) in [4.78, 5) is 28.3. The predicted molar refractivity (Wildman–Crippen MR) is 117 cm³/mol. The lowest BCUT2D eigenvalue weighted by Crippen LogP contribution is -2.35. The van der Waals surface area contributed by atoms with Gasteiger partial charge in [0.05, 0.1) is 10.5 Å². The van der Waals surface area contributed by atoms with E-state index < -0.39 is 15.1 Å². The number of amides is 2. The van der Waals surface area contributed by atoms with Gasteiger partial charge in [-0.25, -0.2) is 8.42 Å². The zero-order chi connectivity index (χ0) is 22.0. The zero-order valence-electron chi connectivity index (χ0n) is 17.3. The number of rotatable bonds is 6. The number of fused-ring (bicyclic) bond motifs is 1. The third kappa shape index (κ3) is 4.50. The first-order chi connectivity index (χ1) is 14.9. The quantitative estimate of drug-likeness (QED) is 0.740. The molecule has 31 heavy (non-hydrogen) atoms. The second-order valence-electron chi connectivity index (χ2n) is 8.40. The van der Waals surface area contributed by atoms with Crippen LogP contribution >= 0.6 is 0 Å². The van der Waals surface area contributed by atoms with Crippen LogP contribution in [0, 0.1) is 11.8 Å². The Morgan fingerprint density at radius 1 is 0.903 bits per heavy atom. The first-order valence-electron chi connectivity index (χ1n) is 10.6. The van der Waals surface area contributed by atoms with Crippen LogP contribution in [0.3, 0.4) is 0 Å². The highest BCUT2D eigenvalue weighted by molar-refractivity contribution is 8.06. The maximum absolute atomic E-state index is 13.1. The Morgan fingerprint density at radius 3 is 2.16 bits per heavy atom. The Bertz CT molecular complexity index is 1060. The van der Waals surface area contributed by atoms with Crippen molar-refractivity contribution in [3.05, 3.63) is 65.7 Å². The number of carbonyl (C=O) groups excluding carboxylic acids is 2. The molecule has 0 bridgehead atoms. The van der Waals surface area contributed by atoms with Crippen molar-refractivity contribution < 1.29 is 18.0 Å². The normalized spacial score (nSPS) is 21.2. The van der Waals surface area contributed by atoms with Crippen LogP contribution < -0.4 is 5.73 Å². The number of sulfone groups is 1. The van der Waals surface area contributed by atoms with Gasteiger partial charge in [-0.05, 0) is 48.9 Å². The minimum Gasteiger partial charge on any atom is -0.356 e. The Hall–Kier alpha value is -2.71. The molecule has 0 aromatic heterocycles. The Balaban J connectivity index is 1.35. The molecule has 2 N–H and O–H groups in total. The summed E-state index contributed by atoms with van der Waals surface area (Å²) >= 11 is 0. The van der Waals surface area contributed by atoms with Crippen LogP contribution in [-0.4, -0.2) is 62.1 Å². The molecule has 2 fully saturated rings. The fourth-order valence-corrected chi connectivity index (χ4v) is 5.67. The van der Waals surface area contributed by atoms with Gasteiger partial charge >= 0.3 is 5.24 Å². The van der Waals surface area contributed by atoms with Crippen molar-refractivity contribution in [3.8, 4) is 0 Å². The van der Waals surface area contributed by atoms with Crippen LogP contribution in [0.15, 0.2) is 59.5 Å². The van der Waals surface area contributed by atoms with Gasteiger partial charge in [0.25, 0.3) is 15.7 Å². The molecule has 2 amide bonds. The van der Waals surface area contributed by atoms with Gasteiger partial charge in [0, 0.05) is 26.2 Å². The molecule has 0 aliphatic carbocycles. The number of hydrogen-bond acceptors (Lipinski definition) is 5. The first kappa shape index (κ1) is 21.5. The van der Waals surface area contributed by atoms with Gasteiger partial charge in [-0.3, -0.25) is 9.59 Å². The molecule has 7 nitrogen and oxygen atoms in total. The number of likely N-dealkylation sites (tertiary alicyclic amines) is 2. The molecular weight excluding hydrogens is 414 g/mol. The first-order valence-corrected chi connectivity index (χ1v) is 12.0. The van der Waals surface area contributed by atoms with Crippen molar-refractivity contribution in [2.75, 3.05) is 32.7 Å². The van der Waals surface area contributed by atoms with Crippen molar-refractivity contribution in [1.82, 2.24) is 9.80 Å². The van der Waals surface area contributed by atoms with Crippen LogP contribution in [0.1, 0.15) is 22.3 Å². The fraction of sp³-hybridized carbons (Fsp3) is 0.391. The van der Waals surface area contributed by atoms with Crippen molar-refractivity contribution in [3.63, 3.8) is 0 Å². The van der Waals surface area contributed by atoms with E-state index in [0.29, 0.717) is 24.9 Å². The summed E-state index contributed by atoms with van der Waals surface area (Å²) in [5.41, 5.74) is 6.40. The molecule has 2 aliphatic heterocycles. The van der Waals surface area contributed by atoms with Gasteiger partial charge in [0.15, 0.2) is 0 Å². The predicted octanol–water partition coefficient (Wildman–Crippen LogP) is 2.18. The van der Waals surface area contributed by atoms with Crippen molar-refractivity contribution in [2.45, 2.75) is 17.7 Å². The molecule has 2 saturated heterocycles. The SMILES string of the molecule is NC(=O)S(=O)(=O)c1ccccc1C(=O)N1CC2CN(CCCc3ccccc3)C[C@H]2C1.